The molecule has 1 aromatic carbocycles. The molecule has 0 aliphatic heterocycles. The Morgan fingerprint density at radius 2 is 1.90 bits per heavy atom. The molecule has 1 atom stereocenters. The van der Waals surface area contributed by atoms with E-state index in [1.165, 1.54) is 6.08 Å². The summed E-state index contributed by atoms with van der Waals surface area (Å²) in [7, 11) is 0. The second kappa shape index (κ2) is 13.2. The Hall–Kier alpha value is -2.09. The van der Waals surface area contributed by atoms with Crippen molar-refractivity contribution in [2.75, 3.05) is 6.54 Å². The van der Waals surface area contributed by atoms with Gasteiger partial charge in [0.15, 0.2) is 0 Å². The molecule has 0 bridgehead atoms. The normalized spacial score (nSPS) is 11.2. The third-order valence-corrected chi connectivity index (χ3v) is 4.24. The molecule has 2 aromatic heterocycles. The Balaban J connectivity index is 0.00000261. The van der Waals surface area contributed by atoms with Crippen molar-refractivity contribution in [3.8, 4) is 0 Å². The van der Waals surface area contributed by atoms with E-state index in [1.54, 1.807) is 12.3 Å². The molecule has 6 N–H and O–H groups in total. The summed E-state index contributed by atoms with van der Waals surface area (Å²) in [4.78, 5) is 19.6. The number of aromatic nitrogens is 2. The lowest BCUT2D eigenvalue weighted by molar-refractivity contribution is -0.117. The summed E-state index contributed by atoms with van der Waals surface area (Å²) in [6, 6.07) is 11.7. The number of carbonyl (C=O) groups excluding carboxylic acids is 1. The number of amides is 1. The summed E-state index contributed by atoms with van der Waals surface area (Å²) < 4.78 is 0. The van der Waals surface area contributed by atoms with E-state index in [1.807, 2.05) is 42.6 Å². The highest BCUT2D eigenvalue weighted by atomic mass is 35.5. The number of H-pyrrole nitrogens is 1. The van der Waals surface area contributed by atoms with E-state index in [0.717, 1.165) is 27.7 Å². The summed E-state index contributed by atoms with van der Waals surface area (Å²) in [6.45, 7) is 0.860. The van der Waals surface area contributed by atoms with Crippen LogP contribution < -0.4 is 16.8 Å². The van der Waals surface area contributed by atoms with Gasteiger partial charge in [0.1, 0.15) is 5.65 Å². The van der Waals surface area contributed by atoms with Crippen molar-refractivity contribution in [3.63, 3.8) is 0 Å². The van der Waals surface area contributed by atoms with Crippen molar-refractivity contribution in [1.29, 1.82) is 0 Å². The van der Waals surface area contributed by atoms with Crippen molar-refractivity contribution in [3.05, 3.63) is 71.6 Å². The summed E-state index contributed by atoms with van der Waals surface area (Å²) in [5.41, 5.74) is 15.4. The monoisotopic (exact) mass is 457 g/mol. The van der Waals surface area contributed by atoms with Crippen LogP contribution in [0.2, 0.25) is 0 Å². The number of fused-ring (bicyclic) bond motifs is 1. The van der Waals surface area contributed by atoms with E-state index in [2.05, 4.69) is 15.3 Å². The van der Waals surface area contributed by atoms with E-state index in [-0.39, 0.29) is 49.2 Å². The zero-order valence-electron chi connectivity index (χ0n) is 15.7. The number of benzene rings is 1. The number of hydrogen-bond donors (Lipinski definition) is 4. The van der Waals surface area contributed by atoms with Crippen LogP contribution in [0.15, 0.2) is 54.9 Å². The second-order valence-corrected chi connectivity index (χ2v) is 6.15. The number of nitrogens with two attached hydrogens (primary N) is 2. The summed E-state index contributed by atoms with van der Waals surface area (Å²) >= 11 is 0. The highest BCUT2D eigenvalue weighted by Gasteiger charge is 2.10. The fourth-order valence-electron chi connectivity index (χ4n) is 2.89. The molecule has 0 spiro atoms. The first kappa shape index (κ1) is 26.9. The van der Waals surface area contributed by atoms with Crippen LogP contribution >= 0.6 is 37.2 Å². The fourth-order valence-corrected chi connectivity index (χ4v) is 2.89. The molecule has 0 saturated carbocycles. The molecular formula is C20H26Cl3N5O. The van der Waals surface area contributed by atoms with Gasteiger partial charge in [0.2, 0.25) is 5.91 Å². The average Bonchev–Trinajstić information content (AvgIpc) is 3.09. The van der Waals surface area contributed by atoms with Crippen LogP contribution in [0.25, 0.3) is 17.1 Å². The van der Waals surface area contributed by atoms with Crippen LogP contribution in [-0.4, -0.2) is 28.5 Å². The Bertz CT molecular complexity index is 929. The molecule has 2 heterocycles. The van der Waals surface area contributed by atoms with Gasteiger partial charge in [-0.05, 0) is 35.8 Å². The first-order valence-electron chi connectivity index (χ1n) is 8.58. The van der Waals surface area contributed by atoms with Crippen molar-refractivity contribution in [2.45, 2.75) is 19.0 Å². The van der Waals surface area contributed by atoms with Gasteiger partial charge < -0.3 is 21.8 Å². The molecule has 0 aliphatic carbocycles. The molecule has 1 amide bonds. The van der Waals surface area contributed by atoms with Gasteiger partial charge in [0, 0.05) is 48.6 Å². The molecule has 0 aliphatic rings. The maximum atomic E-state index is 12.3. The zero-order chi connectivity index (χ0) is 18.4. The lowest BCUT2D eigenvalue weighted by Gasteiger charge is -2.16. The van der Waals surface area contributed by atoms with Crippen LogP contribution in [0.3, 0.4) is 0 Å². The predicted molar refractivity (Wildman–Crippen MR) is 126 cm³/mol. The third-order valence-electron chi connectivity index (χ3n) is 4.24. The molecule has 9 heteroatoms. The quantitative estimate of drug-likeness (QED) is 0.408. The highest BCUT2D eigenvalue weighted by molar-refractivity contribution is 5.95. The first-order valence-corrected chi connectivity index (χ1v) is 8.58. The maximum absolute atomic E-state index is 12.3. The van der Waals surface area contributed by atoms with E-state index >= 15 is 0 Å². The molecule has 3 aromatic rings. The van der Waals surface area contributed by atoms with Crippen LogP contribution in [0.5, 0.6) is 0 Å². The predicted octanol–water partition coefficient (Wildman–Crippen LogP) is 2.99. The van der Waals surface area contributed by atoms with Gasteiger partial charge in [0.25, 0.3) is 0 Å². The first-order chi connectivity index (χ1) is 12.7. The molecule has 3 rings (SSSR count). The van der Waals surface area contributed by atoms with Gasteiger partial charge in [-0.1, -0.05) is 24.3 Å². The van der Waals surface area contributed by atoms with E-state index in [9.17, 15) is 4.79 Å². The number of hydrogen-bond acceptors (Lipinski definition) is 4. The van der Waals surface area contributed by atoms with Gasteiger partial charge in [-0.2, -0.15) is 0 Å². The number of nitrogens with zero attached hydrogens (tertiary/aromatic N) is 1. The van der Waals surface area contributed by atoms with Crippen LogP contribution in [0.4, 0.5) is 0 Å². The van der Waals surface area contributed by atoms with Crippen LogP contribution in [0, 0.1) is 0 Å². The van der Waals surface area contributed by atoms with E-state index in [4.69, 9.17) is 11.5 Å². The van der Waals surface area contributed by atoms with Crippen LogP contribution in [0.1, 0.15) is 16.7 Å². The van der Waals surface area contributed by atoms with E-state index < -0.39 is 0 Å². The van der Waals surface area contributed by atoms with Gasteiger partial charge in [-0.15, -0.1) is 37.2 Å². The minimum atomic E-state index is -0.173. The topological polar surface area (TPSA) is 110 Å². The Morgan fingerprint density at radius 1 is 1.14 bits per heavy atom. The largest absolute Gasteiger partial charge is 0.348 e. The summed E-state index contributed by atoms with van der Waals surface area (Å²) in [5.74, 6) is -0.173. The Labute approximate surface area is 188 Å². The highest BCUT2D eigenvalue weighted by Crippen LogP contribution is 2.16. The molecule has 158 valence electrons. The van der Waals surface area contributed by atoms with Crippen molar-refractivity contribution < 1.29 is 4.79 Å². The number of aromatic amines is 1. The second-order valence-electron chi connectivity index (χ2n) is 6.15. The van der Waals surface area contributed by atoms with Crippen molar-refractivity contribution in [1.82, 2.24) is 15.3 Å². The molecular weight excluding hydrogens is 433 g/mol. The zero-order valence-corrected chi connectivity index (χ0v) is 18.2. The lowest BCUT2D eigenvalue weighted by atomic mass is 10.0. The Kier molecular flexibility index (Phi) is 12.2. The number of carbonyl (C=O) groups is 1. The molecule has 6 nitrogen and oxygen atoms in total. The SMILES string of the molecule is Cl.Cl.Cl.NCc1cccc(C[C@@H](CN)NC(=O)C=Cc2c[nH]c3ncccc23)c1. The average molecular weight is 459 g/mol. The van der Waals surface area contributed by atoms with Crippen LogP contribution in [-0.2, 0) is 17.8 Å². The minimum Gasteiger partial charge on any atom is -0.348 e. The van der Waals surface area contributed by atoms with Crippen molar-refractivity contribution >= 4 is 60.2 Å². The molecule has 0 fully saturated rings. The number of halogens is 3. The van der Waals surface area contributed by atoms with Gasteiger partial charge >= 0.3 is 0 Å². The standard InChI is InChI=1S/C20H23N5O.3ClH/c21-11-15-4-1-3-14(9-15)10-17(12-22)25-19(26)7-6-16-13-24-20-18(16)5-2-8-23-20;;;/h1-9,13,17H,10-12,21-22H2,(H,23,24)(H,25,26);3*1H/t17-;;;/m0.../s1. The number of nitrogens with one attached hydrogen (secondary N) is 2. The summed E-state index contributed by atoms with van der Waals surface area (Å²) in [6.07, 6.45) is 7.53. The molecule has 0 radical (unpaired) electrons. The minimum absolute atomic E-state index is 0. The van der Waals surface area contributed by atoms with E-state index in [0.29, 0.717) is 19.5 Å². The lowest BCUT2D eigenvalue weighted by Crippen LogP contribution is -2.40. The number of pyridine rings is 1. The fraction of sp³-hybridized carbons (Fsp3) is 0.200. The maximum Gasteiger partial charge on any atom is 0.244 e. The molecule has 0 unspecified atom stereocenters. The third kappa shape index (κ3) is 7.34. The molecule has 0 saturated heterocycles. The van der Waals surface area contributed by atoms with Gasteiger partial charge in [0.05, 0.1) is 0 Å². The number of rotatable bonds is 7. The van der Waals surface area contributed by atoms with Gasteiger partial charge in [-0.3, -0.25) is 4.79 Å². The summed E-state index contributed by atoms with van der Waals surface area (Å²) in [5, 5.41) is 3.93. The Morgan fingerprint density at radius 3 is 2.62 bits per heavy atom. The molecule has 29 heavy (non-hydrogen) atoms. The smallest absolute Gasteiger partial charge is 0.244 e. The van der Waals surface area contributed by atoms with Gasteiger partial charge in [-0.25, -0.2) is 4.98 Å². The van der Waals surface area contributed by atoms with Crippen molar-refractivity contribution in [2.24, 2.45) is 11.5 Å².